The minimum absolute atomic E-state index is 0.0126. The summed E-state index contributed by atoms with van der Waals surface area (Å²) in [6, 6.07) is 0.135. The maximum atomic E-state index is 12.3. The Labute approximate surface area is 148 Å². The van der Waals surface area contributed by atoms with Crippen molar-refractivity contribution in [3.8, 4) is 0 Å². The Balaban J connectivity index is 1.90. The summed E-state index contributed by atoms with van der Waals surface area (Å²) in [7, 11) is 1.84. The Morgan fingerprint density at radius 2 is 1.79 bits per heavy atom. The molecule has 2 rings (SSSR count). The average Bonchev–Trinajstić information content (AvgIpc) is 2.89. The summed E-state index contributed by atoms with van der Waals surface area (Å²) in [5, 5.41) is 0. The maximum Gasteiger partial charge on any atom is 0.410 e. The van der Waals surface area contributed by atoms with Crippen molar-refractivity contribution < 1.29 is 14.3 Å². The summed E-state index contributed by atoms with van der Waals surface area (Å²) in [4.78, 5) is 14.0. The average molecular weight is 340 g/mol. The fourth-order valence-electron chi connectivity index (χ4n) is 4.11. The van der Waals surface area contributed by atoms with Crippen molar-refractivity contribution in [2.24, 2.45) is 11.3 Å². The Bertz CT molecular complexity index is 444. The molecule has 0 unspecified atom stereocenters. The van der Waals surface area contributed by atoms with Gasteiger partial charge in [-0.2, -0.15) is 0 Å². The molecule has 1 saturated carbocycles. The van der Waals surface area contributed by atoms with Crippen molar-refractivity contribution in [1.29, 1.82) is 0 Å². The van der Waals surface area contributed by atoms with Gasteiger partial charge in [0.15, 0.2) is 0 Å². The Morgan fingerprint density at radius 1 is 1.21 bits per heavy atom. The summed E-state index contributed by atoms with van der Waals surface area (Å²) in [6.07, 6.45) is 6.67. The number of ether oxygens (including phenoxy) is 2. The van der Waals surface area contributed by atoms with Gasteiger partial charge in [-0.1, -0.05) is 27.2 Å². The zero-order chi connectivity index (χ0) is 18.2. The Kier molecular flexibility index (Phi) is 5.59. The normalized spacial score (nSPS) is 31.3. The molecular formula is C20H37NO3. The molecule has 4 nitrogen and oxygen atoms in total. The van der Waals surface area contributed by atoms with Crippen molar-refractivity contribution in [3.05, 3.63) is 0 Å². The summed E-state index contributed by atoms with van der Waals surface area (Å²) >= 11 is 0. The molecule has 1 heterocycles. The predicted octanol–water partition coefficient (Wildman–Crippen LogP) is 5.01. The van der Waals surface area contributed by atoms with Gasteiger partial charge in [-0.15, -0.1) is 0 Å². The van der Waals surface area contributed by atoms with Gasteiger partial charge in [-0.05, 0) is 64.2 Å². The van der Waals surface area contributed by atoms with E-state index in [1.807, 2.05) is 27.8 Å². The molecule has 1 aliphatic carbocycles. The summed E-state index contributed by atoms with van der Waals surface area (Å²) in [6.45, 7) is 13.4. The van der Waals surface area contributed by atoms with Crippen molar-refractivity contribution in [3.63, 3.8) is 0 Å². The van der Waals surface area contributed by atoms with Crippen molar-refractivity contribution in [1.82, 2.24) is 4.90 Å². The van der Waals surface area contributed by atoms with Gasteiger partial charge in [0.1, 0.15) is 5.60 Å². The number of nitrogens with zero attached hydrogens (tertiary/aromatic N) is 1. The molecule has 4 heteroatoms. The predicted molar refractivity (Wildman–Crippen MR) is 97.1 cm³/mol. The summed E-state index contributed by atoms with van der Waals surface area (Å²) < 4.78 is 11.7. The van der Waals surface area contributed by atoms with E-state index in [-0.39, 0.29) is 17.7 Å². The lowest BCUT2D eigenvalue weighted by Gasteiger charge is -2.43. The number of amides is 1. The highest BCUT2D eigenvalue weighted by Crippen LogP contribution is 2.48. The third kappa shape index (κ3) is 4.44. The van der Waals surface area contributed by atoms with Crippen molar-refractivity contribution >= 4 is 6.09 Å². The number of likely N-dealkylation sites (N-methyl/N-ethyl adjacent to an activating group) is 1. The number of hydrogen-bond acceptors (Lipinski definition) is 3. The summed E-state index contributed by atoms with van der Waals surface area (Å²) in [5.41, 5.74) is -0.0412. The first-order chi connectivity index (χ1) is 11.0. The standard InChI is InChI=1S/C20H37NO3/c1-8-19(5,6)15-9-11-20(12-10-15)13-16(14-23-20)21(7)17(22)24-18(2,3)4/h15-16H,8-14H2,1-7H3/t15?,16-,20?/m0/s1. The van der Waals surface area contributed by atoms with Gasteiger partial charge < -0.3 is 14.4 Å². The van der Waals surface area contributed by atoms with E-state index in [0.717, 1.165) is 25.2 Å². The van der Waals surface area contributed by atoms with E-state index in [2.05, 4.69) is 20.8 Å². The van der Waals surface area contributed by atoms with Crippen LogP contribution in [0.15, 0.2) is 0 Å². The molecule has 0 aromatic heterocycles. The molecule has 2 fully saturated rings. The van der Waals surface area contributed by atoms with Crippen LogP contribution in [0.1, 0.15) is 80.1 Å². The number of rotatable bonds is 3. The zero-order valence-electron chi connectivity index (χ0n) is 16.8. The van der Waals surface area contributed by atoms with Crippen LogP contribution < -0.4 is 0 Å². The van der Waals surface area contributed by atoms with Crippen LogP contribution in [0.3, 0.4) is 0 Å². The van der Waals surface area contributed by atoms with Gasteiger partial charge in [0.25, 0.3) is 0 Å². The summed E-state index contributed by atoms with van der Waals surface area (Å²) in [5.74, 6) is 0.791. The number of carbonyl (C=O) groups is 1. The van der Waals surface area contributed by atoms with E-state index >= 15 is 0 Å². The van der Waals surface area contributed by atoms with Crippen LogP contribution >= 0.6 is 0 Å². The maximum absolute atomic E-state index is 12.3. The van der Waals surface area contributed by atoms with E-state index in [1.54, 1.807) is 4.90 Å². The van der Waals surface area contributed by atoms with Gasteiger partial charge in [-0.25, -0.2) is 4.79 Å². The SMILES string of the molecule is CCC(C)(C)C1CCC2(CC1)C[C@H](N(C)C(=O)OC(C)(C)C)CO2. The molecule has 0 aromatic carbocycles. The van der Waals surface area contributed by atoms with Crippen LogP contribution in [0.25, 0.3) is 0 Å². The Hall–Kier alpha value is -0.770. The second-order valence-electron chi connectivity index (χ2n) is 9.56. The first kappa shape index (κ1) is 19.6. The lowest BCUT2D eigenvalue weighted by atomic mass is 9.66. The van der Waals surface area contributed by atoms with Crippen LogP contribution in [0.5, 0.6) is 0 Å². The van der Waals surface area contributed by atoms with Gasteiger partial charge in [0, 0.05) is 7.05 Å². The van der Waals surface area contributed by atoms with Crippen LogP contribution in [0.4, 0.5) is 4.79 Å². The topological polar surface area (TPSA) is 38.8 Å². The second kappa shape index (κ2) is 6.86. The molecule has 1 atom stereocenters. The molecule has 1 aliphatic heterocycles. The fraction of sp³-hybridized carbons (Fsp3) is 0.950. The molecule has 1 saturated heterocycles. The third-order valence-corrected chi connectivity index (χ3v) is 6.33. The number of carbonyl (C=O) groups excluding carboxylic acids is 1. The minimum atomic E-state index is -0.452. The molecule has 2 aliphatic rings. The monoisotopic (exact) mass is 339 g/mol. The minimum Gasteiger partial charge on any atom is -0.444 e. The van der Waals surface area contributed by atoms with Gasteiger partial charge in [-0.3, -0.25) is 0 Å². The smallest absolute Gasteiger partial charge is 0.410 e. The van der Waals surface area contributed by atoms with E-state index in [9.17, 15) is 4.79 Å². The lowest BCUT2D eigenvalue weighted by Crippen LogP contribution is -2.42. The lowest BCUT2D eigenvalue weighted by molar-refractivity contribution is -0.0491. The van der Waals surface area contributed by atoms with Gasteiger partial charge in [0.05, 0.1) is 18.2 Å². The zero-order valence-corrected chi connectivity index (χ0v) is 16.8. The highest BCUT2D eigenvalue weighted by molar-refractivity contribution is 5.68. The first-order valence-corrected chi connectivity index (χ1v) is 9.58. The van der Waals surface area contributed by atoms with E-state index in [1.165, 1.54) is 19.3 Å². The number of hydrogen-bond donors (Lipinski definition) is 0. The molecule has 140 valence electrons. The third-order valence-electron chi connectivity index (χ3n) is 6.33. The molecule has 0 aromatic rings. The van der Waals surface area contributed by atoms with E-state index in [4.69, 9.17) is 9.47 Å². The van der Waals surface area contributed by atoms with Gasteiger partial charge >= 0.3 is 6.09 Å². The first-order valence-electron chi connectivity index (χ1n) is 9.58. The van der Waals surface area contributed by atoms with E-state index < -0.39 is 5.60 Å². The Morgan fingerprint density at radius 3 is 2.29 bits per heavy atom. The van der Waals surface area contributed by atoms with Crippen LogP contribution in [0.2, 0.25) is 0 Å². The highest BCUT2D eigenvalue weighted by Gasteiger charge is 2.47. The van der Waals surface area contributed by atoms with Crippen molar-refractivity contribution in [2.45, 2.75) is 97.3 Å². The van der Waals surface area contributed by atoms with Crippen LogP contribution in [-0.4, -0.2) is 41.9 Å². The van der Waals surface area contributed by atoms with Crippen LogP contribution in [0, 0.1) is 11.3 Å². The van der Waals surface area contributed by atoms with Crippen molar-refractivity contribution in [2.75, 3.05) is 13.7 Å². The van der Waals surface area contributed by atoms with E-state index in [0.29, 0.717) is 12.0 Å². The molecule has 1 spiro atoms. The molecule has 0 bridgehead atoms. The molecule has 0 N–H and O–H groups in total. The quantitative estimate of drug-likeness (QED) is 0.725. The molecule has 1 amide bonds. The fourth-order valence-corrected chi connectivity index (χ4v) is 4.11. The molecule has 24 heavy (non-hydrogen) atoms. The highest BCUT2D eigenvalue weighted by atomic mass is 16.6. The molecular weight excluding hydrogens is 302 g/mol. The molecule has 0 radical (unpaired) electrons. The largest absolute Gasteiger partial charge is 0.444 e. The van der Waals surface area contributed by atoms with Crippen LogP contribution in [-0.2, 0) is 9.47 Å². The second-order valence-corrected chi connectivity index (χ2v) is 9.56. The van der Waals surface area contributed by atoms with Gasteiger partial charge in [0.2, 0.25) is 0 Å².